The summed E-state index contributed by atoms with van der Waals surface area (Å²) in [6.45, 7) is 2.16. The van der Waals surface area contributed by atoms with Gasteiger partial charge in [-0.25, -0.2) is 0 Å². The fourth-order valence-electron chi connectivity index (χ4n) is 4.14. The SMILES string of the molecule is COc1ccc(-n2nc(N3CCC(C(=O)NCCCc4ccccc4)CC3)ccc2=O)cc1. The maximum absolute atomic E-state index is 12.6. The Balaban J connectivity index is 1.29. The van der Waals surface area contributed by atoms with Crippen LogP contribution in [-0.2, 0) is 11.2 Å². The molecule has 1 fully saturated rings. The second kappa shape index (κ2) is 10.8. The topological polar surface area (TPSA) is 76.5 Å². The van der Waals surface area contributed by atoms with E-state index in [0.717, 1.165) is 50.3 Å². The smallest absolute Gasteiger partial charge is 0.271 e. The molecule has 1 aliphatic heterocycles. The summed E-state index contributed by atoms with van der Waals surface area (Å²) in [6, 6.07) is 20.9. The molecule has 1 aromatic heterocycles. The molecule has 7 heteroatoms. The first-order valence-electron chi connectivity index (χ1n) is 11.5. The van der Waals surface area contributed by atoms with Crippen LogP contribution in [0.2, 0.25) is 0 Å². The van der Waals surface area contributed by atoms with Crippen molar-refractivity contribution < 1.29 is 9.53 Å². The summed E-state index contributed by atoms with van der Waals surface area (Å²) in [6.07, 6.45) is 3.45. The number of rotatable bonds is 8. The Morgan fingerprint density at radius 2 is 1.76 bits per heavy atom. The lowest BCUT2D eigenvalue weighted by Crippen LogP contribution is -2.41. The molecule has 2 aromatic carbocycles. The van der Waals surface area contributed by atoms with E-state index in [2.05, 4.69) is 27.4 Å². The lowest BCUT2D eigenvalue weighted by molar-refractivity contribution is -0.125. The standard InChI is InChI=1S/C26H30N4O3/c1-33-23-11-9-22(10-12-23)30-25(31)14-13-24(28-30)29-18-15-21(16-19-29)26(32)27-17-5-8-20-6-3-2-4-7-20/h2-4,6-7,9-14,21H,5,8,15-19H2,1H3,(H,27,32). The number of piperidine rings is 1. The number of hydrogen-bond acceptors (Lipinski definition) is 5. The van der Waals surface area contributed by atoms with Gasteiger partial charge < -0.3 is 15.0 Å². The highest BCUT2D eigenvalue weighted by Gasteiger charge is 2.25. The lowest BCUT2D eigenvalue weighted by atomic mass is 9.96. The molecule has 0 unspecified atom stereocenters. The molecule has 7 nitrogen and oxygen atoms in total. The van der Waals surface area contributed by atoms with Crippen LogP contribution in [0.5, 0.6) is 5.75 Å². The summed E-state index contributed by atoms with van der Waals surface area (Å²) >= 11 is 0. The molecule has 1 amide bonds. The predicted octanol–water partition coefficient (Wildman–Crippen LogP) is 3.21. The van der Waals surface area contributed by atoms with Crippen molar-refractivity contribution in [2.24, 2.45) is 5.92 Å². The molecule has 0 bridgehead atoms. The maximum Gasteiger partial charge on any atom is 0.271 e. The van der Waals surface area contributed by atoms with E-state index >= 15 is 0 Å². The van der Waals surface area contributed by atoms with E-state index in [1.54, 1.807) is 25.3 Å². The zero-order valence-corrected chi connectivity index (χ0v) is 18.9. The molecule has 1 saturated heterocycles. The summed E-state index contributed by atoms with van der Waals surface area (Å²) in [5.74, 6) is 1.62. The summed E-state index contributed by atoms with van der Waals surface area (Å²) in [5, 5.41) is 7.67. The van der Waals surface area contributed by atoms with Gasteiger partial charge in [-0.2, -0.15) is 4.68 Å². The highest BCUT2D eigenvalue weighted by Crippen LogP contribution is 2.22. The Morgan fingerprint density at radius 3 is 2.45 bits per heavy atom. The fraction of sp³-hybridized carbons (Fsp3) is 0.346. The number of aryl methyl sites for hydroxylation is 1. The van der Waals surface area contributed by atoms with Crippen molar-refractivity contribution in [1.29, 1.82) is 0 Å². The van der Waals surface area contributed by atoms with Crippen LogP contribution in [0.4, 0.5) is 5.82 Å². The van der Waals surface area contributed by atoms with Crippen LogP contribution in [0.25, 0.3) is 5.69 Å². The van der Waals surface area contributed by atoms with Gasteiger partial charge in [-0.05, 0) is 61.6 Å². The van der Waals surface area contributed by atoms with E-state index in [1.165, 1.54) is 16.3 Å². The lowest BCUT2D eigenvalue weighted by Gasteiger charge is -2.32. The minimum Gasteiger partial charge on any atom is -0.497 e. The zero-order chi connectivity index (χ0) is 23.0. The number of nitrogens with zero attached hydrogens (tertiary/aromatic N) is 3. The van der Waals surface area contributed by atoms with Crippen molar-refractivity contribution in [3.8, 4) is 11.4 Å². The third-order valence-electron chi connectivity index (χ3n) is 6.08. The molecular formula is C26H30N4O3. The van der Waals surface area contributed by atoms with E-state index in [0.29, 0.717) is 12.2 Å². The van der Waals surface area contributed by atoms with Gasteiger partial charge in [0.15, 0.2) is 0 Å². The van der Waals surface area contributed by atoms with Crippen LogP contribution in [0.1, 0.15) is 24.8 Å². The molecule has 0 radical (unpaired) electrons. The number of amides is 1. The second-order valence-electron chi connectivity index (χ2n) is 8.28. The number of anilines is 1. The van der Waals surface area contributed by atoms with Crippen molar-refractivity contribution in [1.82, 2.24) is 15.1 Å². The summed E-state index contributed by atoms with van der Waals surface area (Å²) in [4.78, 5) is 27.1. The van der Waals surface area contributed by atoms with E-state index in [9.17, 15) is 9.59 Å². The zero-order valence-electron chi connectivity index (χ0n) is 18.9. The number of carbonyl (C=O) groups is 1. The Morgan fingerprint density at radius 1 is 1.03 bits per heavy atom. The number of hydrogen-bond donors (Lipinski definition) is 1. The van der Waals surface area contributed by atoms with Crippen LogP contribution in [0, 0.1) is 5.92 Å². The molecule has 33 heavy (non-hydrogen) atoms. The predicted molar refractivity (Wildman–Crippen MR) is 129 cm³/mol. The molecule has 0 atom stereocenters. The molecule has 2 heterocycles. The minimum absolute atomic E-state index is 0.0190. The van der Waals surface area contributed by atoms with E-state index < -0.39 is 0 Å². The first-order valence-corrected chi connectivity index (χ1v) is 11.5. The molecule has 3 aromatic rings. The second-order valence-corrected chi connectivity index (χ2v) is 8.28. The molecule has 172 valence electrons. The van der Waals surface area contributed by atoms with Gasteiger partial charge in [-0.3, -0.25) is 9.59 Å². The van der Waals surface area contributed by atoms with Crippen LogP contribution >= 0.6 is 0 Å². The highest BCUT2D eigenvalue weighted by molar-refractivity contribution is 5.78. The van der Waals surface area contributed by atoms with E-state index in [4.69, 9.17) is 4.74 Å². The number of benzene rings is 2. The van der Waals surface area contributed by atoms with Crippen LogP contribution in [0.3, 0.4) is 0 Å². The molecule has 1 aliphatic rings. The molecular weight excluding hydrogens is 416 g/mol. The van der Waals surface area contributed by atoms with Crippen molar-refractivity contribution in [2.45, 2.75) is 25.7 Å². The van der Waals surface area contributed by atoms with Crippen LogP contribution < -0.4 is 20.5 Å². The van der Waals surface area contributed by atoms with Gasteiger partial charge in [-0.15, -0.1) is 5.10 Å². The van der Waals surface area contributed by atoms with E-state index in [-0.39, 0.29) is 17.4 Å². The number of nitrogens with one attached hydrogen (secondary N) is 1. The number of aromatic nitrogens is 2. The summed E-state index contributed by atoms with van der Waals surface area (Å²) in [5.41, 5.74) is 1.80. The van der Waals surface area contributed by atoms with Gasteiger partial charge in [0, 0.05) is 31.6 Å². The van der Waals surface area contributed by atoms with Gasteiger partial charge in [-0.1, -0.05) is 30.3 Å². The molecule has 0 aliphatic carbocycles. The molecule has 0 spiro atoms. The molecule has 4 rings (SSSR count). The summed E-state index contributed by atoms with van der Waals surface area (Å²) < 4.78 is 6.59. The van der Waals surface area contributed by atoms with Gasteiger partial charge in [0.1, 0.15) is 11.6 Å². The first-order chi connectivity index (χ1) is 16.1. The van der Waals surface area contributed by atoms with Crippen molar-refractivity contribution in [3.05, 3.63) is 82.6 Å². The minimum atomic E-state index is -0.186. The van der Waals surface area contributed by atoms with E-state index in [1.807, 2.05) is 30.3 Å². The normalized spacial score (nSPS) is 14.2. The Labute approximate surface area is 194 Å². The Bertz CT molecular complexity index is 1100. The van der Waals surface area contributed by atoms with Gasteiger partial charge in [0.05, 0.1) is 12.8 Å². The first kappa shape index (κ1) is 22.6. The summed E-state index contributed by atoms with van der Waals surface area (Å²) in [7, 11) is 1.61. The fourth-order valence-corrected chi connectivity index (χ4v) is 4.14. The Hall–Kier alpha value is -3.61. The van der Waals surface area contributed by atoms with Crippen molar-refractivity contribution in [2.75, 3.05) is 31.6 Å². The van der Waals surface area contributed by atoms with Crippen molar-refractivity contribution >= 4 is 11.7 Å². The number of methoxy groups -OCH3 is 1. The van der Waals surface area contributed by atoms with Crippen molar-refractivity contribution in [3.63, 3.8) is 0 Å². The van der Waals surface area contributed by atoms with Gasteiger partial charge >= 0.3 is 0 Å². The third kappa shape index (κ3) is 5.80. The average Bonchev–Trinajstić information content (AvgIpc) is 2.87. The molecule has 0 saturated carbocycles. The maximum atomic E-state index is 12.6. The number of ether oxygens (including phenoxy) is 1. The van der Waals surface area contributed by atoms with Gasteiger partial charge in [0.2, 0.25) is 5.91 Å². The van der Waals surface area contributed by atoms with Crippen LogP contribution in [0.15, 0.2) is 71.5 Å². The quantitative estimate of drug-likeness (QED) is 0.538. The highest BCUT2D eigenvalue weighted by atomic mass is 16.5. The largest absolute Gasteiger partial charge is 0.497 e. The van der Waals surface area contributed by atoms with Gasteiger partial charge in [0.25, 0.3) is 5.56 Å². The average molecular weight is 447 g/mol. The monoisotopic (exact) mass is 446 g/mol. The number of carbonyl (C=O) groups excluding carboxylic acids is 1. The van der Waals surface area contributed by atoms with Crippen LogP contribution in [-0.4, -0.2) is 42.4 Å². The molecule has 1 N–H and O–H groups in total. The third-order valence-corrected chi connectivity index (χ3v) is 6.08. The Kier molecular flexibility index (Phi) is 7.40.